The van der Waals surface area contributed by atoms with Crippen molar-refractivity contribution >= 4 is 46.3 Å². The molecule has 0 amide bonds. The van der Waals surface area contributed by atoms with E-state index >= 15 is 0 Å². The molecule has 0 aliphatic carbocycles. The Kier molecular flexibility index (Phi) is 3.04. The van der Waals surface area contributed by atoms with Crippen molar-refractivity contribution in [2.45, 2.75) is 4.90 Å². The van der Waals surface area contributed by atoms with E-state index in [0.717, 1.165) is 0 Å². The van der Waals surface area contributed by atoms with Crippen molar-refractivity contribution in [1.29, 1.82) is 0 Å². The van der Waals surface area contributed by atoms with Crippen LogP contribution in [0.15, 0.2) is 23.1 Å². The molecule has 0 aliphatic heterocycles. The van der Waals surface area contributed by atoms with Crippen molar-refractivity contribution in [3.63, 3.8) is 0 Å². The van der Waals surface area contributed by atoms with Gasteiger partial charge in [0.1, 0.15) is 0 Å². The van der Waals surface area contributed by atoms with Crippen molar-refractivity contribution in [2.75, 3.05) is 0 Å². The molecule has 0 atom stereocenters. The predicted octanol–water partition coefficient (Wildman–Crippen LogP) is 3.08. The third-order valence-corrected chi connectivity index (χ3v) is 4.02. The van der Waals surface area contributed by atoms with Gasteiger partial charge in [0, 0.05) is 0 Å². The van der Waals surface area contributed by atoms with Gasteiger partial charge in [-0.1, -0.05) is 29.3 Å². The summed E-state index contributed by atoms with van der Waals surface area (Å²) in [5.41, 5.74) is 0. The Hall–Kier alpha value is 0.230. The van der Waals surface area contributed by atoms with Crippen molar-refractivity contribution in [1.82, 2.24) is 0 Å². The second-order valence-electron chi connectivity index (χ2n) is 1.99. The molecule has 0 fully saturated rings. The second-order valence-corrected chi connectivity index (χ2v) is 6.65. The summed E-state index contributed by atoms with van der Waals surface area (Å²) in [5, 5.41) is 0.258. The van der Waals surface area contributed by atoms with Gasteiger partial charge < -0.3 is 0 Å². The zero-order chi connectivity index (χ0) is 9.35. The largest absolute Gasteiger partial charge is 0.239 e. The molecule has 1 aromatic carbocycles. The van der Waals surface area contributed by atoms with Crippen molar-refractivity contribution in [3.05, 3.63) is 28.2 Å². The highest BCUT2D eigenvalue weighted by atomic mass is 79.9. The average molecular weight is 290 g/mol. The molecule has 0 aliphatic rings. The van der Waals surface area contributed by atoms with Crippen LogP contribution in [0.5, 0.6) is 0 Å². The fourth-order valence-corrected chi connectivity index (χ4v) is 2.99. The molecule has 0 unspecified atom stereocenters. The van der Waals surface area contributed by atoms with E-state index in [0.29, 0.717) is 0 Å². The van der Waals surface area contributed by atoms with Gasteiger partial charge in [-0.2, -0.15) is 0 Å². The maximum Gasteiger partial charge on any atom is 0.239 e. The standard InChI is InChI=1S/C6H3BrCl2O2S/c7-12(10,11)5-3-1-2-4(8)6(5)9/h1-3H. The minimum absolute atomic E-state index is 0.0170. The van der Waals surface area contributed by atoms with Gasteiger partial charge in [0.15, 0.2) is 0 Å². The van der Waals surface area contributed by atoms with Crippen LogP contribution in [-0.4, -0.2) is 8.42 Å². The van der Waals surface area contributed by atoms with Crippen LogP contribution in [0.4, 0.5) is 0 Å². The molecule has 0 N–H and O–H groups in total. The summed E-state index contributed by atoms with van der Waals surface area (Å²) in [7, 11) is -3.46. The molecule has 66 valence electrons. The highest BCUT2D eigenvalue weighted by Gasteiger charge is 2.15. The summed E-state index contributed by atoms with van der Waals surface area (Å²) in [5.74, 6) is 0. The van der Waals surface area contributed by atoms with E-state index in [1.54, 1.807) is 0 Å². The number of halogens is 3. The van der Waals surface area contributed by atoms with Crippen LogP contribution in [0, 0.1) is 0 Å². The average Bonchev–Trinajstić information content (AvgIpc) is 1.92. The first kappa shape index (κ1) is 10.3. The van der Waals surface area contributed by atoms with Gasteiger partial charge in [-0.3, -0.25) is 0 Å². The normalized spacial score (nSPS) is 11.6. The summed E-state index contributed by atoms with van der Waals surface area (Å²) < 4.78 is 22.0. The molecule has 0 radical (unpaired) electrons. The minimum Gasteiger partial charge on any atom is -0.212 e. The van der Waals surface area contributed by atoms with Crippen molar-refractivity contribution in [3.8, 4) is 0 Å². The van der Waals surface area contributed by atoms with Crippen LogP contribution in [0.25, 0.3) is 0 Å². The van der Waals surface area contributed by atoms with E-state index in [9.17, 15) is 8.42 Å². The lowest BCUT2D eigenvalue weighted by Gasteiger charge is -2.00. The highest BCUT2D eigenvalue weighted by molar-refractivity contribution is 9.47. The number of rotatable bonds is 1. The van der Waals surface area contributed by atoms with Gasteiger partial charge in [-0.15, -0.1) is 0 Å². The smallest absolute Gasteiger partial charge is 0.212 e. The van der Waals surface area contributed by atoms with Gasteiger partial charge in [0.2, 0.25) is 8.27 Å². The lowest BCUT2D eigenvalue weighted by Crippen LogP contribution is -1.90. The first-order valence-corrected chi connectivity index (χ1v) is 6.90. The fraction of sp³-hybridized carbons (Fsp3) is 0. The lowest BCUT2D eigenvalue weighted by molar-refractivity contribution is 0.611. The van der Waals surface area contributed by atoms with E-state index < -0.39 is 8.27 Å². The fourth-order valence-electron chi connectivity index (χ4n) is 0.672. The first-order valence-electron chi connectivity index (χ1n) is 2.81. The summed E-state index contributed by atoms with van der Waals surface area (Å²) in [6.45, 7) is 0. The first-order chi connectivity index (χ1) is 5.43. The molecule has 0 aromatic heterocycles. The Bertz CT molecular complexity index is 402. The molecular formula is C6H3BrCl2O2S. The zero-order valence-corrected chi connectivity index (χ0v) is 9.51. The lowest BCUT2D eigenvalue weighted by atomic mass is 10.4. The quantitative estimate of drug-likeness (QED) is 0.745. The number of benzene rings is 1. The van der Waals surface area contributed by atoms with Crippen LogP contribution >= 0.6 is 38.0 Å². The molecule has 6 heteroatoms. The molecular weight excluding hydrogens is 287 g/mol. The Balaban J connectivity index is 3.47. The molecule has 1 rings (SSSR count). The minimum atomic E-state index is -3.46. The van der Waals surface area contributed by atoms with Crippen LogP contribution in [0.1, 0.15) is 0 Å². The summed E-state index contributed by atoms with van der Waals surface area (Å²) in [6.07, 6.45) is 0. The third-order valence-electron chi connectivity index (χ3n) is 1.18. The summed E-state index contributed by atoms with van der Waals surface area (Å²) >= 11 is 13.7. The van der Waals surface area contributed by atoms with Gasteiger partial charge >= 0.3 is 0 Å². The topological polar surface area (TPSA) is 34.1 Å². The SMILES string of the molecule is O=S(=O)(Br)c1cccc(Cl)c1Cl. The van der Waals surface area contributed by atoms with Crippen molar-refractivity contribution < 1.29 is 8.42 Å². The summed E-state index contributed by atoms with van der Waals surface area (Å²) in [6, 6.07) is 4.41. The maximum absolute atomic E-state index is 11.0. The molecule has 12 heavy (non-hydrogen) atoms. The molecule has 0 saturated heterocycles. The Morgan fingerprint density at radius 1 is 1.25 bits per heavy atom. The second kappa shape index (κ2) is 3.54. The Morgan fingerprint density at radius 2 is 1.83 bits per heavy atom. The molecule has 0 bridgehead atoms. The predicted molar refractivity (Wildman–Crippen MR) is 52.6 cm³/mol. The van der Waals surface area contributed by atoms with Crippen LogP contribution in [-0.2, 0) is 8.27 Å². The van der Waals surface area contributed by atoms with E-state index in [2.05, 4.69) is 14.8 Å². The van der Waals surface area contributed by atoms with Gasteiger partial charge in [0.05, 0.1) is 29.8 Å². The van der Waals surface area contributed by atoms with Crippen molar-refractivity contribution in [2.24, 2.45) is 0 Å². The number of hydrogen-bond donors (Lipinski definition) is 0. The Labute approximate surface area is 87.6 Å². The molecule has 2 nitrogen and oxygen atoms in total. The van der Waals surface area contributed by atoms with E-state index in [-0.39, 0.29) is 14.9 Å². The van der Waals surface area contributed by atoms with E-state index in [4.69, 9.17) is 23.2 Å². The number of hydrogen-bond acceptors (Lipinski definition) is 2. The van der Waals surface area contributed by atoms with Crippen LogP contribution < -0.4 is 0 Å². The molecule has 0 heterocycles. The van der Waals surface area contributed by atoms with Gasteiger partial charge in [0.25, 0.3) is 0 Å². The van der Waals surface area contributed by atoms with Crippen LogP contribution in [0.2, 0.25) is 10.0 Å². The van der Waals surface area contributed by atoms with E-state index in [1.807, 2.05) is 0 Å². The monoisotopic (exact) mass is 288 g/mol. The van der Waals surface area contributed by atoms with Gasteiger partial charge in [-0.05, 0) is 12.1 Å². The Morgan fingerprint density at radius 3 is 2.25 bits per heavy atom. The van der Waals surface area contributed by atoms with Crippen LogP contribution in [0.3, 0.4) is 0 Å². The maximum atomic E-state index is 11.0. The summed E-state index contributed by atoms with van der Waals surface area (Å²) in [4.78, 5) is -0.0170. The molecule has 0 spiro atoms. The van der Waals surface area contributed by atoms with E-state index in [1.165, 1.54) is 18.2 Å². The third kappa shape index (κ3) is 2.13. The molecule has 0 saturated carbocycles. The zero-order valence-electron chi connectivity index (χ0n) is 5.59. The van der Waals surface area contributed by atoms with Gasteiger partial charge in [-0.25, -0.2) is 8.42 Å². The molecule has 1 aromatic rings. The highest BCUT2D eigenvalue weighted by Crippen LogP contribution is 2.31.